The summed E-state index contributed by atoms with van der Waals surface area (Å²) in [7, 11) is -3.85. The van der Waals surface area contributed by atoms with E-state index in [0.29, 0.717) is 29.8 Å². The number of aryl methyl sites for hydroxylation is 1. The lowest BCUT2D eigenvalue weighted by Crippen LogP contribution is -2.31. The van der Waals surface area contributed by atoms with Crippen molar-refractivity contribution in [1.82, 2.24) is 5.32 Å². The summed E-state index contributed by atoms with van der Waals surface area (Å²) in [5, 5.41) is 2.72. The van der Waals surface area contributed by atoms with E-state index in [4.69, 9.17) is 0 Å². The van der Waals surface area contributed by atoms with E-state index >= 15 is 0 Å². The van der Waals surface area contributed by atoms with Gasteiger partial charge >= 0.3 is 0 Å². The predicted octanol–water partition coefficient (Wildman–Crippen LogP) is 2.22. The minimum absolute atomic E-state index is 0.000993. The Bertz CT molecular complexity index is 894. The molecule has 2 aromatic rings. The molecule has 1 heterocycles. The molecule has 0 unspecified atom stereocenters. The molecular formula is C16H15FN2O3S. The smallest absolute Gasteiger partial charge is 0.262 e. The van der Waals surface area contributed by atoms with Gasteiger partial charge < -0.3 is 5.32 Å². The number of amides is 1. The minimum atomic E-state index is -3.85. The Kier molecular flexibility index (Phi) is 3.81. The molecular weight excluding hydrogens is 319 g/mol. The molecule has 0 aliphatic carbocycles. The molecule has 120 valence electrons. The first-order valence-electron chi connectivity index (χ1n) is 7.07. The highest BCUT2D eigenvalue weighted by molar-refractivity contribution is 7.92. The van der Waals surface area contributed by atoms with Crippen molar-refractivity contribution in [2.75, 3.05) is 11.3 Å². The standard InChI is InChI=1S/C16H15FN2O3S/c1-10-8-12(17)3-5-15(10)23(21,22)19-13-4-2-11-6-7-18-16(20)14(11)9-13/h2-5,8-9,19H,6-7H2,1H3,(H,18,20). The number of hydrogen-bond acceptors (Lipinski definition) is 3. The molecule has 1 amide bonds. The van der Waals surface area contributed by atoms with Gasteiger partial charge in [0, 0.05) is 17.8 Å². The molecule has 0 saturated carbocycles. The second-order valence-electron chi connectivity index (χ2n) is 5.39. The maximum Gasteiger partial charge on any atom is 0.262 e. The SMILES string of the molecule is Cc1cc(F)ccc1S(=O)(=O)Nc1ccc2c(c1)C(=O)NCC2. The van der Waals surface area contributed by atoms with E-state index in [1.54, 1.807) is 12.1 Å². The normalized spacial score (nSPS) is 14.1. The molecule has 5 nitrogen and oxygen atoms in total. The molecule has 0 spiro atoms. The molecule has 1 aliphatic rings. The second kappa shape index (κ2) is 5.66. The van der Waals surface area contributed by atoms with Crippen molar-refractivity contribution in [2.45, 2.75) is 18.2 Å². The average molecular weight is 334 g/mol. The second-order valence-corrected chi connectivity index (χ2v) is 7.04. The van der Waals surface area contributed by atoms with Crippen molar-refractivity contribution in [3.05, 3.63) is 58.9 Å². The third kappa shape index (κ3) is 3.05. The number of halogens is 1. The van der Waals surface area contributed by atoms with Gasteiger partial charge in [0.25, 0.3) is 15.9 Å². The van der Waals surface area contributed by atoms with E-state index in [9.17, 15) is 17.6 Å². The summed E-state index contributed by atoms with van der Waals surface area (Å²) in [6, 6.07) is 8.35. The topological polar surface area (TPSA) is 75.3 Å². The largest absolute Gasteiger partial charge is 0.352 e. The van der Waals surface area contributed by atoms with E-state index in [1.165, 1.54) is 19.1 Å². The van der Waals surface area contributed by atoms with Gasteiger partial charge in [0.15, 0.2) is 0 Å². The summed E-state index contributed by atoms with van der Waals surface area (Å²) < 4.78 is 40.5. The van der Waals surface area contributed by atoms with Crippen LogP contribution in [0.5, 0.6) is 0 Å². The van der Waals surface area contributed by atoms with Crippen LogP contribution in [0.1, 0.15) is 21.5 Å². The van der Waals surface area contributed by atoms with Crippen LogP contribution < -0.4 is 10.0 Å². The van der Waals surface area contributed by atoms with Crippen LogP contribution in [0.15, 0.2) is 41.3 Å². The van der Waals surface area contributed by atoms with E-state index < -0.39 is 15.8 Å². The number of rotatable bonds is 3. The van der Waals surface area contributed by atoms with Crippen molar-refractivity contribution in [3.63, 3.8) is 0 Å². The van der Waals surface area contributed by atoms with Crippen molar-refractivity contribution in [2.24, 2.45) is 0 Å². The molecule has 1 aliphatic heterocycles. The number of carbonyl (C=O) groups is 1. The van der Waals surface area contributed by atoms with E-state index in [0.717, 1.165) is 17.7 Å². The summed E-state index contributed by atoms with van der Waals surface area (Å²) >= 11 is 0. The lowest BCUT2D eigenvalue weighted by atomic mass is 10.00. The fourth-order valence-electron chi connectivity index (χ4n) is 2.60. The average Bonchev–Trinajstić information content (AvgIpc) is 2.47. The van der Waals surface area contributed by atoms with Crippen LogP contribution in [0.4, 0.5) is 10.1 Å². The summed E-state index contributed by atoms with van der Waals surface area (Å²) in [6.07, 6.45) is 0.713. The van der Waals surface area contributed by atoms with Gasteiger partial charge in [-0.2, -0.15) is 0 Å². The quantitative estimate of drug-likeness (QED) is 0.904. The fraction of sp³-hybridized carbons (Fsp3) is 0.188. The van der Waals surface area contributed by atoms with Crippen molar-refractivity contribution >= 4 is 21.6 Å². The zero-order valence-electron chi connectivity index (χ0n) is 12.4. The first-order chi connectivity index (χ1) is 10.9. The molecule has 3 rings (SSSR count). The molecule has 0 bridgehead atoms. The van der Waals surface area contributed by atoms with Crippen LogP contribution in [0.25, 0.3) is 0 Å². The molecule has 0 aromatic heterocycles. The van der Waals surface area contributed by atoms with Gasteiger partial charge in [-0.25, -0.2) is 12.8 Å². The third-order valence-corrected chi connectivity index (χ3v) is 5.25. The molecule has 2 N–H and O–H groups in total. The van der Waals surface area contributed by atoms with Crippen molar-refractivity contribution in [3.8, 4) is 0 Å². The highest BCUT2D eigenvalue weighted by atomic mass is 32.2. The van der Waals surface area contributed by atoms with Crippen LogP contribution in [0, 0.1) is 12.7 Å². The van der Waals surface area contributed by atoms with Crippen LogP contribution in [-0.2, 0) is 16.4 Å². The van der Waals surface area contributed by atoms with Gasteiger partial charge in [-0.1, -0.05) is 6.07 Å². The Morgan fingerprint density at radius 3 is 2.70 bits per heavy atom. The van der Waals surface area contributed by atoms with Gasteiger partial charge in [-0.3, -0.25) is 9.52 Å². The van der Waals surface area contributed by atoms with Gasteiger partial charge in [-0.15, -0.1) is 0 Å². The monoisotopic (exact) mass is 334 g/mol. The lowest BCUT2D eigenvalue weighted by Gasteiger charge is -2.18. The van der Waals surface area contributed by atoms with Crippen molar-refractivity contribution in [1.29, 1.82) is 0 Å². The highest BCUT2D eigenvalue weighted by Crippen LogP contribution is 2.23. The summed E-state index contributed by atoms with van der Waals surface area (Å²) in [5.41, 5.74) is 1.96. The fourth-order valence-corrected chi connectivity index (χ4v) is 3.88. The van der Waals surface area contributed by atoms with Crippen LogP contribution in [0.2, 0.25) is 0 Å². The minimum Gasteiger partial charge on any atom is -0.352 e. The lowest BCUT2D eigenvalue weighted by molar-refractivity contribution is 0.0946. The number of carbonyl (C=O) groups excluding carboxylic acids is 1. The molecule has 0 fully saturated rings. The molecule has 7 heteroatoms. The summed E-state index contributed by atoms with van der Waals surface area (Å²) in [4.78, 5) is 11.8. The number of hydrogen-bond donors (Lipinski definition) is 2. The van der Waals surface area contributed by atoms with E-state index in [-0.39, 0.29) is 10.8 Å². The highest BCUT2D eigenvalue weighted by Gasteiger charge is 2.20. The Labute approximate surface area is 133 Å². The number of anilines is 1. The summed E-state index contributed by atoms with van der Waals surface area (Å²) in [6.45, 7) is 2.10. The maximum absolute atomic E-state index is 13.1. The van der Waals surface area contributed by atoms with Gasteiger partial charge in [-0.05, 0) is 54.8 Å². The van der Waals surface area contributed by atoms with Crippen molar-refractivity contribution < 1.29 is 17.6 Å². The van der Waals surface area contributed by atoms with Crippen LogP contribution in [-0.4, -0.2) is 20.9 Å². The number of sulfonamides is 1. The Morgan fingerprint density at radius 1 is 1.17 bits per heavy atom. The Morgan fingerprint density at radius 2 is 1.96 bits per heavy atom. The molecule has 0 saturated heterocycles. The molecule has 0 atom stereocenters. The Balaban J connectivity index is 1.95. The third-order valence-electron chi connectivity index (χ3n) is 3.71. The van der Waals surface area contributed by atoms with Gasteiger partial charge in [0.2, 0.25) is 0 Å². The first kappa shape index (κ1) is 15.5. The predicted molar refractivity (Wildman–Crippen MR) is 84.4 cm³/mol. The molecule has 0 radical (unpaired) electrons. The maximum atomic E-state index is 13.1. The molecule has 23 heavy (non-hydrogen) atoms. The zero-order valence-corrected chi connectivity index (χ0v) is 13.2. The van der Waals surface area contributed by atoms with Crippen LogP contribution >= 0.6 is 0 Å². The van der Waals surface area contributed by atoms with Crippen LogP contribution in [0.3, 0.4) is 0 Å². The number of nitrogens with one attached hydrogen (secondary N) is 2. The van der Waals surface area contributed by atoms with Gasteiger partial charge in [0.1, 0.15) is 5.82 Å². The van der Waals surface area contributed by atoms with E-state index in [1.807, 2.05) is 0 Å². The number of fused-ring (bicyclic) bond motifs is 1. The zero-order chi connectivity index (χ0) is 16.6. The van der Waals surface area contributed by atoms with E-state index in [2.05, 4.69) is 10.0 Å². The first-order valence-corrected chi connectivity index (χ1v) is 8.55. The number of benzene rings is 2. The Hall–Kier alpha value is -2.41. The molecule has 2 aromatic carbocycles. The van der Waals surface area contributed by atoms with Gasteiger partial charge in [0.05, 0.1) is 4.90 Å². The summed E-state index contributed by atoms with van der Waals surface area (Å²) in [5.74, 6) is -0.711.